The molecule has 0 radical (unpaired) electrons. The summed E-state index contributed by atoms with van der Waals surface area (Å²) in [5.41, 5.74) is 0.196. The van der Waals surface area contributed by atoms with Crippen molar-refractivity contribution in [2.75, 3.05) is 6.54 Å². The third kappa shape index (κ3) is 3.32. The summed E-state index contributed by atoms with van der Waals surface area (Å²) in [7, 11) is 0. The quantitative estimate of drug-likeness (QED) is 0.807. The van der Waals surface area contributed by atoms with Gasteiger partial charge in [0.1, 0.15) is 5.54 Å². The van der Waals surface area contributed by atoms with Gasteiger partial charge in [-0.2, -0.15) is 5.10 Å². The molecule has 1 N–H and O–H groups in total. The molecule has 5 heteroatoms. The second-order valence-electron chi connectivity index (χ2n) is 4.99. The van der Waals surface area contributed by atoms with Gasteiger partial charge in [-0.3, -0.25) is 14.4 Å². The molecule has 0 aliphatic carbocycles. The van der Waals surface area contributed by atoms with E-state index < -0.39 is 11.5 Å². The molecular formula is C13H23N3O2. The van der Waals surface area contributed by atoms with Crippen molar-refractivity contribution in [3.63, 3.8) is 0 Å². The Morgan fingerprint density at radius 2 is 2.17 bits per heavy atom. The summed E-state index contributed by atoms with van der Waals surface area (Å²) < 4.78 is 1.90. The minimum atomic E-state index is -0.860. The lowest BCUT2D eigenvalue weighted by Crippen LogP contribution is -2.49. The molecule has 1 heterocycles. The van der Waals surface area contributed by atoms with Crippen LogP contribution in [0.3, 0.4) is 0 Å². The average molecular weight is 253 g/mol. The summed E-state index contributed by atoms with van der Waals surface area (Å²) in [6.45, 7) is 9.74. The third-order valence-electron chi connectivity index (χ3n) is 3.21. The van der Waals surface area contributed by atoms with Gasteiger partial charge in [0.2, 0.25) is 0 Å². The first-order valence-electron chi connectivity index (χ1n) is 6.41. The first kappa shape index (κ1) is 14.7. The Kier molecular flexibility index (Phi) is 4.90. The first-order valence-corrected chi connectivity index (χ1v) is 6.41. The van der Waals surface area contributed by atoms with Crippen LogP contribution < -0.4 is 0 Å². The zero-order valence-corrected chi connectivity index (χ0v) is 11.7. The summed E-state index contributed by atoms with van der Waals surface area (Å²) >= 11 is 0. The fourth-order valence-electron chi connectivity index (χ4n) is 1.90. The lowest BCUT2D eigenvalue weighted by atomic mass is 10.0. The van der Waals surface area contributed by atoms with Crippen LogP contribution in [0.15, 0.2) is 12.4 Å². The Bertz CT molecular complexity index is 399. The standard InChI is InChI=1S/C13H23N3O2/c1-5-7-16-10-11(8-14-16)9-15(6-2)13(3,4)12(17)18/h8,10H,5-7,9H2,1-4H3,(H,17,18). The number of aliphatic carboxylic acids is 1. The van der Waals surface area contributed by atoms with Crippen molar-refractivity contribution in [1.29, 1.82) is 0 Å². The van der Waals surface area contributed by atoms with Gasteiger partial charge in [0.15, 0.2) is 0 Å². The van der Waals surface area contributed by atoms with Crippen molar-refractivity contribution in [2.24, 2.45) is 0 Å². The highest BCUT2D eigenvalue weighted by Crippen LogP contribution is 2.17. The monoisotopic (exact) mass is 253 g/mol. The lowest BCUT2D eigenvalue weighted by Gasteiger charge is -2.33. The first-order chi connectivity index (χ1) is 8.41. The molecule has 102 valence electrons. The van der Waals surface area contributed by atoms with Crippen LogP contribution >= 0.6 is 0 Å². The fourth-order valence-corrected chi connectivity index (χ4v) is 1.90. The highest BCUT2D eigenvalue weighted by molar-refractivity contribution is 5.77. The molecule has 1 aromatic rings. The predicted octanol–water partition coefficient (Wildman–Crippen LogP) is 1.98. The number of carboxylic acid groups (broad SMARTS) is 1. The van der Waals surface area contributed by atoms with Crippen LogP contribution in [0.2, 0.25) is 0 Å². The molecule has 0 aliphatic heterocycles. The van der Waals surface area contributed by atoms with E-state index in [9.17, 15) is 9.90 Å². The molecule has 0 aromatic carbocycles. The van der Waals surface area contributed by atoms with Crippen LogP contribution in [0.5, 0.6) is 0 Å². The highest BCUT2D eigenvalue weighted by atomic mass is 16.4. The van der Waals surface area contributed by atoms with E-state index in [1.807, 2.05) is 28.9 Å². The number of hydrogen-bond acceptors (Lipinski definition) is 3. The van der Waals surface area contributed by atoms with Crippen molar-refractivity contribution in [1.82, 2.24) is 14.7 Å². The van der Waals surface area contributed by atoms with Gasteiger partial charge in [-0.25, -0.2) is 0 Å². The van der Waals surface area contributed by atoms with E-state index in [0.29, 0.717) is 13.1 Å². The molecule has 0 atom stereocenters. The zero-order chi connectivity index (χ0) is 13.8. The SMILES string of the molecule is CCCn1cc(CN(CC)C(C)(C)C(=O)O)cn1. The number of carboxylic acids is 1. The van der Waals surface area contributed by atoms with Crippen molar-refractivity contribution >= 4 is 5.97 Å². The van der Waals surface area contributed by atoms with Gasteiger partial charge in [-0.05, 0) is 26.8 Å². The van der Waals surface area contributed by atoms with Crippen LogP contribution in [0.25, 0.3) is 0 Å². The fraction of sp³-hybridized carbons (Fsp3) is 0.692. The largest absolute Gasteiger partial charge is 0.480 e. The smallest absolute Gasteiger partial charge is 0.323 e. The predicted molar refractivity (Wildman–Crippen MR) is 70.3 cm³/mol. The molecule has 1 rings (SSSR count). The maximum absolute atomic E-state index is 11.3. The minimum absolute atomic E-state index is 0.611. The van der Waals surface area contributed by atoms with Crippen molar-refractivity contribution in [3.05, 3.63) is 18.0 Å². The number of aromatic nitrogens is 2. The summed E-state index contributed by atoms with van der Waals surface area (Å²) in [4.78, 5) is 13.2. The van der Waals surface area contributed by atoms with Crippen LogP contribution in [-0.2, 0) is 17.9 Å². The molecule has 5 nitrogen and oxygen atoms in total. The number of rotatable bonds is 7. The summed E-state index contributed by atoms with van der Waals surface area (Å²) in [5.74, 6) is -0.801. The molecular weight excluding hydrogens is 230 g/mol. The maximum atomic E-state index is 11.3. The van der Waals surface area contributed by atoms with Gasteiger partial charge >= 0.3 is 5.97 Å². The molecule has 0 aliphatic rings. The number of nitrogens with zero attached hydrogens (tertiary/aromatic N) is 3. The van der Waals surface area contributed by atoms with Crippen LogP contribution in [0.4, 0.5) is 0 Å². The molecule has 0 saturated heterocycles. The molecule has 0 fully saturated rings. The van der Waals surface area contributed by atoms with E-state index in [4.69, 9.17) is 0 Å². The molecule has 0 saturated carbocycles. The normalized spacial score (nSPS) is 12.1. The Morgan fingerprint density at radius 3 is 2.67 bits per heavy atom. The number of hydrogen-bond donors (Lipinski definition) is 1. The molecule has 18 heavy (non-hydrogen) atoms. The topological polar surface area (TPSA) is 58.4 Å². The maximum Gasteiger partial charge on any atom is 0.323 e. The second-order valence-corrected chi connectivity index (χ2v) is 4.99. The summed E-state index contributed by atoms with van der Waals surface area (Å²) in [5, 5.41) is 13.5. The van der Waals surface area contributed by atoms with Crippen LogP contribution in [-0.4, -0.2) is 37.8 Å². The van der Waals surface area contributed by atoms with Crippen molar-refractivity contribution < 1.29 is 9.90 Å². The number of aryl methyl sites for hydroxylation is 1. The molecule has 0 unspecified atom stereocenters. The Morgan fingerprint density at radius 1 is 1.50 bits per heavy atom. The Balaban J connectivity index is 2.76. The lowest BCUT2D eigenvalue weighted by molar-refractivity contribution is -0.149. The highest BCUT2D eigenvalue weighted by Gasteiger charge is 2.33. The van der Waals surface area contributed by atoms with Crippen LogP contribution in [0, 0.1) is 0 Å². The molecule has 0 spiro atoms. The van der Waals surface area contributed by atoms with E-state index in [1.165, 1.54) is 0 Å². The third-order valence-corrected chi connectivity index (χ3v) is 3.21. The van der Waals surface area contributed by atoms with E-state index in [2.05, 4.69) is 12.0 Å². The van der Waals surface area contributed by atoms with Gasteiger partial charge in [-0.1, -0.05) is 13.8 Å². The van der Waals surface area contributed by atoms with Gasteiger partial charge < -0.3 is 5.11 Å². The van der Waals surface area contributed by atoms with E-state index in [-0.39, 0.29) is 0 Å². The second kappa shape index (κ2) is 6.00. The molecule has 0 amide bonds. The Hall–Kier alpha value is -1.36. The average Bonchev–Trinajstić information content (AvgIpc) is 2.73. The van der Waals surface area contributed by atoms with Gasteiger partial charge in [0.25, 0.3) is 0 Å². The zero-order valence-electron chi connectivity index (χ0n) is 11.7. The number of likely N-dealkylation sites (N-methyl/N-ethyl adjacent to an activating group) is 1. The van der Waals surface area contributed by atoms with Crippen LogP contribution in [0.1, 0.15) is 39.7 Å². The minimum Gasteiger partial charge on any atom is -0.480 e. The van der Waals surface area contributed by atoms with Gasteiger partial charge in [0, 0.05) is 24.8 Å². The van der Waals surface area contributed by atoms with Crippen molar-refractivity contribution in [2.45, 2.75) is 52.7 Å². The van der Waals surface area contributed by atoms with Gasteiger partial charge in [0.05, 0.1) is 6.20 Å². The van der Waals surface area contributed by atoms with E-state index in [1.54, 1.807) is 13.8 Å². The van der Waals surface area contributed by atoms with E-state index in [0.717, 1.165) is 18.5 Å². The van der Waals surface area contributed by atoms with Crippen molar-refractivity contribution in [3.8, 4) is 0 Å². The Labute approximate surface area is 108 Å². The molecule has 0 bridgehead atoms. The summed E-state index contributed by atoms with van der Waals surface area (Å²) in [6.07, 6.45) is 4.85. The number of carbonyl (C=O) groups is 1. The summed E-state index contributed by atoms with van der Waals surface area (Å²) in [6, 6.07) is 0. The van der Waals surface area contributed by atoms with E-state index >= 15 is 0 Å². The van der Waals surface area contributed by atoms with Gasteiger partial charge in [-0.15, -0.1) is 0 Å². The molecule has 1 aromatic heterocycles.